The number of esters is 2. The predicted octanol–water partition coefficient (Wildman–Crippen LogP) is 7.43. The molecule has 5 aromatic rings. The van der Waals surface area contributed by atoms with Gasteiger partial charge in [-0.2, -0.15) is 0 Å². The summed E-state index contributed by atoms with van der Waals surface area (Å²) in [6.07, 6.45) is -1.59. The van der Waals surface area contributed by atoms with Gasteiger partial charge in [0.2, 0.25) is 5.91 Å². The molecule has 0 bridgehead atoms. The second kappa shape index (κ2) is 15.3. The summed E-state index contributed by atoms with van der Waals surface area (Å²) in [5, 5.41) is 15.4. The van der Waals surface area contributed by atoms with Crippen molar-refractivity contribution in [3.05, 3.63) is 160 Å². The van der Waals surface area contributed by atoms with E-state index in [1.54, 1.807) is 30.0 Å². The first-order valence-corrected chi connectivity index (χ1v) is 17.6. The topological polar surface area (TPSA) is 140 Å². The molecule has 1 unspecified atom stereocenters. The normalized spacial score (nSPS) is 19.4. The molecule has 0 saturated carbocycles. The average Bonchev–Trinajstić information content (AvgIpc) is 3.46. The van der Waals surface area contributed by atoms with Gasteiger partial charge in [0.25, 0.3) is 5.91 Å². The zero-order valence-electron chi connectivity index (χ0n) is 28.0. The number of fused-ring (bicyclic) bond motifs is 1. The fourth-order valence-electron chi connectivity index (χ4n) is 6.36. The number of anilines is 2. The first-order chi connectivity index (χ1) is 25.2. The monoisotopic (exact) mass is 714 g/mol. The summed E-state index contributed by atoms with van der Waals surface area (Å²) in [7, 11) is 0. The van der Waals surface area contributed by atoms with Gasteiger partial charge in [-0.15, -0.1) is 11.8 Å². The van der Waals surface area contributed by atoms with Crippen molar-refractivity contribution in [1.82, 2.24) is 0 Å². The van der Waals surface area contributed by atoms with Crippen LogP contribution in [0, 0.1) is 0 Å². The third-order valence-corrected chi connectivity index (χ3v) is 9.98. The molecule has 0 radical (unpaired) electrons. The Morgan fingerprint density at radius 2 is 1.44 bits per heavy atom. The molecule has 0 aromatic heterocycles. The molecule has 4 atom stereocenters. The molecule has 3 N–H and O–H groups in total. The minimum atomic E-state index is -0.812. The molecule has 2 amide bonds. The van der Waals surface area contributed by atoms with Gasteiger partial charge in [-0.25, -0.2) is 9.59 Å². The van der Waals surface area contributed by atoms with Gasteiger partial charge in [0, 0.05) is 46.0 Å². The molecule has 1 fully saturated rings. The molecule has 1 saturated heterocycles. The minimum absolute atomic E-state index is 0.0500. The van der Waals surface area contributed by atoms with Crippen molar-refractivity contribution in [2.24, 2.45) is 0 Å². The van der Waals surface area contributed by atoms with E-state index >= 15 is 0 Å². The fraction of sp³-hybridized carbons (Fsp3) is 0.171. The van der Waals surface area contributed by atoms with E-state index in [1.807, 2.05) is 72.8 Å². The molecule has 262 valence electrons. The van der Waals surface area contributed by atoms with Crippen molar-refractivity contribution < 1.29 is 38.5 Å². The Bertz CT molecular complexity index is 2120. The van der Waals surface area contributed by atoms with Crippen LogP contribution in [0.5, 0.6) is 0 Å². The summed E-state index contributed by atoms with van der Waals surface area (Å²) in [4.78, 5) is 49.7. The number of amides is 2. The van der Waals surface area contributed by atoms with Gasteiger partial charge >= 0.3 is 11.9 Å². The quantitative estimate of drug-likeness (QED) is 0.0765. The van der Waals surface area contributed by atoms with Gasteiger partial charge in [0.15, 0.2) is 6.29 Å². The summed E-state index contributed by atoms with van der Waals surface area (Å²) in [5.41, 5.74) is 5.00. The predicted molar refractivity (Wildman–Crippen MR) is 195 cm³/mol. The molecule has 11 heteroatoms. The van der Waals surface area contributed by atoms with Crippen molar-refractivity contribution in [2.75, 3.05) is 16.4 Å². The standard InChI is InChI=1S/C41H34N2O8S/c1-24(45)42-30-15-17-32(18-16-30)52-23-35-36(26-6-3-2-4-7-26)37(27-12-10-25(22-44)11-13-27)50-41(49-35)29-8-5-9-31(20-29)43-38(46)28-14-19-33-34(21-28)40(48)51-39(33)47/h2-21,35-37,41,44H,22-23H2,1H3,(H,42,45)(H,43,46)/t35-,36-,37+,41?/m1/s1. The summed E-state index contributed by atoms with van der Waals surface area (Å²) in [6.45, 7) is 1.39. The van der Waals surface area contributed by atoms with Crippen LogP contribution in [-0.4, -0.2) is 40.7 Å². The van der Waals surface area contributed by atoms with Crippen LogP contribution in [0.1, 0.15) is 78.6 Å². The maximum Gasteiger partial charge on any atom is 0.346 e. The Balaban J connectivity index is 1.18. The SMILES string of the molecule is CC(=O)Nc1ccc(SC[C@H]2OC(c3cccc(NC(=O)c4ccc5c(c4)C(=O)OC5=O)c3)O[C@@H](c3ccc(CO)cc3)[C@@H]2c2ccccc2)cc1. The Labute approximate surface area is 304 Å². The van der Waals surface area contributed by atoms with Gasteiger partial charge < -0.3 is 30.0 Å². The summed E-state index contributed by atoms with van der Waals surface area (Å²) in [5.74, 6) is -1.76. The van der Waals surface area contributed by atoms with Crippen LogP contribution in [0.2, 0.25) is 0 Å². The van der Waals surface area contributed by atoms with E-state index in [0.717, 1.165) is 21.6 Å². The van der Waals surface area contributed by atoms with Crippen LogP contribution in [0.15, 0.2) is 126 Å². The molecule has 2 aliphatic heterocycles. The number of thioether (sulfide) groups is 1. The molecule has 2 aliphatic rings. The van der Waals surface area contributed by atoms with Crippen LogP contribution >= 0.6 is 11.8 Å². The molecular formula is C41H34N2O8S. The minimum Gasteiger partial charge on any atom is -0.392 e. The number of aliphatic hydroxyl groups is 1. The number of benzene rings is 5. The lowest BCUT2D eigenvalue weighted by Crippen LogP contribution is -2.38. The fourth-order valence-corrected chi connectivity index (χ4v) is 7.33. The molecule has 10 nitrogen and oxygen atoms in total. The smallest absolute Gasteiger partial charge is 0.346 e. The summed E-state index contributed by atoms with van der Waals surface area (Å²) >= 11 is 1.63. The largest absolute Gasteiger partial charge is 0.392 e. The third kappa shape index (κ3) is 7.68. The van der Waals surface area contributed by atoms with Crippen LogP contribution in [0.3, 0.4) is 0 Å². The Morgan fingerprint density at radius 3 is 2.17 bits per heavy atom. The highest BCUT2D eigenvalue weighted by atomic mass is 32.2. The average molecular weight is 715 g/mol. The Kier molecular flexibility index (Phi) is 10.3. The molecule has 7 rings (SSSR count). The molecule has 0 spiro atoms. The highest BCUT2D eigenvalue weighted by Crippen LogP contribution is 2.48. The second-order valence-electron chi connectivity index (χ2n) is 12.4. The van der Waals surface area contributed by atoms with Crippen LogP contribution in [0.25, 0.3) is 0 Å². The van der Waals surface area contributed by atoms with E-state index in [0.29, 0.717) is 22.7 Å². The lowest BCUT2D eigenvalue weighted by molar-refractivity contribution is -0.255. The molecule has 5 aromatic carbocycles. The molecular weight excluding hydrogens is 681 g/mol. The number of rotatable bonds is 10. The first kappa shape index (κ1) is 34.8. The number of carbonyl (C=O) groups excluding carboxylic acids is 4. The molecule has 52 heavy (non-hydrogen) atoms. The lowest BCUT2D eigenvalue weighted by atomic mass is 9.84. The van der Waals surface area contributed by atoms with Crippen LogP contribution < -0.4 is 10.6 Å². The zero-order valence-corrected chi connectivity index (χ0v) is 28.8. The van der Waals surface area contributed by atoms with E-state index in [2.05, 4.69) is 27.5 Å². The highest BCUT2D eigenvalue weighted by molar-refractivity contribution is 7.99. The maximum absolute atomic E-state index is 13.3. The lowest BCUT2D eigenvalue weighted by Gasteiger charge is -2.43. The number of nitrogens with one attached hydrogen (secondary N) is 2. The van der Waals surface area contributed by atoms with Crippen LogP contribution in [-0.2, 0) is 25.6 Å². The number of aliphatic hydroxyl groups excluding tert-OH is 1. The van der Waals surface area contributed by atoms with Crippen molar-refractivity contribution in [1.29, 1.82) is 0 Å². The van der Waals surface area contributed by atoms with Gasteiger partial charge in [0.1, 0.15) is 0 Å². The Hall–Kier alpha value is -5.59. The number of cyclic esters (lactones) is 2. The van der Waals surface area contributed by atoms with Crippen molar-refractivity contribution >= 4 is 46.9 Å². The van der Waals surface area contributed by atoms with Crippen LogP contribution in [0.4, 0.5) is 11.4 Å². The summed E-state index contributed by atoms with van der Waals surface area (Å²) < 4.78 is 18.3. The van der Waals surface area contributed by atoms with Gasteiger partial charge in [-0.1, -0.05) is 66.7 Å². The molecule has 0 aliphatic carbocycles. The van der Waals surface area contributed by atoms with Crippen molar-refractivity contribution in [2.45, 2.75) is 42.8 Å². The number of ether oxygens (including phenoxy) is 3. The van der Waals surface area contributed by atoms with Crippen molar-refractivity contribution in [3.8, 4) is 0 Å². The number of hydrogen-bond donors (Lipinski definition) is 3. The highest BCUT2D eigenvalue weighted by Gasteiger charge is 2.42. The third-order valence-electron chi connectivity index (χ3n) is 8.88. The number of carbonyl (C=O) groups is 4. The van der Waals surface area contributed by atoms with Crippen molar-refractivity contribution in [3.63, 3.8) is 0 Å². The van der Waals surface area contributed by atoms with Gasteiger partial charge in [-0.3, -0.25) is 9.59 Å². The summed E-state index contributed by atoms with van der Waals surface area (Å²) in [6, 6.07) is 36.9. The van der Waals surface area contributed by atoms with E-state index in [9.17, 15) is 24.3 Å². The van der Waals surface area contributed by atoms with E-state index in [-0.39, 0.29) is 41.2 Å². The van der Waals surface area contributed by atoms with Gasteiger partial charge in [-0.05, 0) is 71.3 Å². The molecule has 2 heterocycles. The van der Waals surface area contributed by atoms with E-state index in [4.69, 9.17) is 9.47 Å². The van der Waals surface area contributed by atoms with Gasteiger partial charge in [0.05, 0.1) is 29.9 Å². The number of hydrogen-bond acceptors (Lipinski definition) is 9. The van der Waals surface area contributed by atoms with E-state index in [1.165, 1.54) is 25.1 Å². The van der Waals surface area contributed by atoms with E-state index < -0.39 is 30.2 Å². The second-order valence-corrected chi connectivity index (χ2v) is 13.5. The maximum atomic E-state index is 13.3. The zero-order chi connectivity index (χ0) is 36.2. The Morgan fingerprint density at radius 1 is 0.712 bits per heavy atom. The first-order valence-electron chi connectivity index (χ1n) is 16.6.